The van der Waals surface area contributed by atoms with E-state index in [4.69, 9.17) is 0 Å². The van der Waals surface area contributed by atoms with E-state index in [1.54, 1.807) is 0 Å². The Kier molecular flexibility index (Phi) is 3.16. The molecule has 104 valence electrons. The summed E-state index contributed by atoms with van der Waals surface area (Å²) in [5, 5.41) is 9.49. The highest BCUT2D eigenvalue weighted by atomic mass is 19.4. The molecule has 1 N–H and O–H groups in total. The zero-order valence-corrected chi connectivity index (χ0v) is 9.22. The summed E-state index contributed by atoms with van der Waals surface area (Å²) in [6.07, 6.45) is -10.2. The largest absolute Gasteiger partial charge is 0.403 e. The Bertz CT molecular complexity index is 342. The molecule has 18 heavy (non-hydrogen) atoms. The van der Waals surface area contributed by atoms with Crippen molar-refractivity contribution in [2.24, 2.45) is 17.8 Å². The number of hydrogen-bond acceptors (Lipinski definition) is 1. The first kappa shape index (κ1) is 13.7. The second-order valence-electron chi connectivity index (χ2n) is 4.94. The standard InChI is InChI=1S/C11H12F6O/c12-10(13,14)9(11(15,16)17)8(18)7-4-5-1-2-6(7)3-5/h4-6,8-9,18H,1-3H2. The van der Waals surface area contributed by atoms with Crippen molar-refractivity contribution in [3.8, 4) is 0 Å². The molecule has 0 aromatic carbocycles. The van der Waals surface area contributed by atoms with Crippen molar-refractivity contribution in [3.63, 3.8) is 0 Å². The number of aliphatic hydroxyl groups excluding tert-OH is 1. The smallest absolute Gasteiger partial charge is 0.388 e. The lowest BCUT2D eigenvalue weighted by Crippen LogP contribution is -2.46. The average molecular weight is 274 g/mol. The van der Waals surface area contributed by atoms with E-state index in [2.05, 4.69) is 0 Å². The summed E-state index contributed by atoms with van der Waals surface area (Å²) >= 11 is 0. The van der Waals surface area contributed by atoms with Crippen molar-refractivity contribution >= 4 is 0 Å². The van der Waals surface area contributed by atoms with Gasteiger partial charge in [-0.15, -0.1) is 0 Å². The highest BCUT2D eigenvalue weighted by Crippen LogP contribution is 2.50. The van der Waals surface area contributed by atoms with Crippen LogP contribution in [0.2, 0.25) is 0 Å². The molecule has 7 heteroatoms. The van der Waals surface area contributed by atoms with Crippen molar-refractivity contribution in [1.29, 1.82) is 0 Å². The highest BCUT2D eigenvalue weighted by molar-refractivity contribution is 5.24. The van der Waals surface area contributed by atoms with E-state index in [1.165, 1.54) is 6.08 Å². The molecule has 2 aliphatic rings. The van der Waals surface area contributed by atoms with Crippen LogP contribution >= 0.6 is 0 Å². The number of allylic oxidation sites excluding steroid dienone is 1. The first-order valence-electron chi connectivity index (χ1n) is 5.64. The third kappa shape index (κ3) is 2.37. The predicted octanol–water partition coefficient (Wildman–Crippen LogP) is 3.44. The summed E-state index contributed by atoms with van der Waals surface area (Å²) in [6, 6.07) is 0. The zero-order chi connectivity index (χ0) is 13.7. The van der Waals surface area contributed by atoms with E-state index in [0.29, 0.717) is 12.8 Å². The summed E-state index contributed by atoms with van der Waals surface area (Å²) in [5.74, 6) is -3.98. The van der Waals surface area contributed by atoms with Gasteiger partial charge in [-0.05, 0) is 36.7 Å². The third-order valence-electron chi connectivity index (χ3n) is 3.74. The van der Waals surface area contributed by atoms with Gasteiger partial charge in [-0.25, -0.2) is 0 Å². The van der Waals surface area contributed by atoms with E-state index < -0.39 is 24.4 Å². The SMILES string of the molecule is OC(C1=CC2CCC1C2)C(C(F)(F)F)C(F)(F)F. The lowest BCUT2D eigenvalue weighted by Gasteiger charge is -2.30. The Morgan fingerprint density at radius 3 is 1.94 bits per heavy atom. The Balaban J connectivity index is 2.25. The molecule has 2 aliphatic carbocycles. The number of fused-ring (bicyclic) bond motifs is 2. The Morgan fingerprint density at radius 2 is 1.61 bits per heavy atom. The van der Waals surface area contributed by atoms with Crippen molar-refractivity contribution in [2.45, 2.75) is 37.7 Å². The van der Waals surface area contributed by atoms with Crippen LogP contribution in [-0.4, -0.2) is 23.6 Å². The average Bonchev–Trinajstić information content (AvgIpc) is 2.72. The lowest BCUT2D eigenvalue weighted by atomic mass is 9.86. The third-order valence-corrected chi connectivity index (χ3v) is 3.74. The van der Waals surface area contributed by atoms with Crippen LogP contribution in [0.5, 0.6) is 0 Å². The summed E-state index contributed by atoms with van der Waals surface area (Å²) in [5.41, 5.74) is -0.0779. The normalized spacial score (nSPS) is 29.9. The van der Waals surface area contributed by atoms with Crippen LogP contribution < -0.4 is 0 Å². The number of hydrogen-bond donors (Lipinski definition) is 1. The lowest BCUT2D eigenvalue weighted by molar-refractivity contribution is -0.302. The Morgan fingerprint density at radius 1 is 1.06 bits per heavy atom. The van der Waals surface area contributed by atoms with Crippen molar-refractivity contribution < 1.29 is 31.4 Å². The fourth-order valence-corrected chi connectivity index (χ4v) is 2.95. The molecule has 3 unspecified atom stereocenters. The molecule has 0 spiro atoms. The zero-order valence-electron chi connectivity index (χ0n) is 9.22. The summed E-state index contributed by atoms with van der Waals surface area (Å²) in [7, 11) is 0. The van der Waals surface area contributed by atoms with Crippen molar-refractivity contribution in [2.75, 3.05) is 0 Å². The van der Waals surface area contributed by atoms with Crippen LogP contribution in [0.1, 0.15) is 19.3 Å². The monoisotopic (exact) mass is 274 g/mol. The Labute approximate surface area is 99.5 Å². The fraction of sp³-hybridized carbons (Fsp3) is 0.818. The molecule has 1 nitrogen and oxygen atoms in total. The fourth-order valence-electron chi connectivity index (χ4n) is 2.95. The molecule has 1 fully saturated rings. The minimum absolute atomic E-state index is 0.0294. The van der Waals surface area contributed by atoms with Crippen LogP contribution in [0.4, 0.5) is 26.3 Å². The summed E-state index contributed by atoms with van der Waals surface area (Å²) < 4.78 is 74.7. The van der Waals surface area contributed by atoms with Gasteiger partial charge in [0.15, 0.2) is 5.92 Å². The van der Waals surface area contributed by atoms with Crippen molar-refractivity contribution in [3.05, 3.63) is 11.6 Å². The van der Waals surface area contributed by atoms with Crippen LogP contribution in [0, 0.1) is 17.8 Å². The van der Waals surface area contributed by atoms with Gasteiger partial charge in [0.1, 0.15) is 0 Å². The van der Waals surface area contributed by atoms with Gasteiger partial charge in [0.05, 0.1) is 6.10 Å². The maximum absolute atomic E-state index is 12.5. The number of halogens is 6. The van der Waals surface area contributed by atoms with Gasteiger partial charge in [-0.3, -0.25) is 0 Å². The van der Waals surface area contributed by atoms with Gasteiger partial charge in [0.25, 0.3) is 0 Å². The molecule has 2 rings (SSSR count). The molecule has 0 amide bonds. The van der Waals surface area contributed by atoms with Crippen LogP contribution in [-0.2, 0) is 0 Å². The first-order valence-corrected chi connectivity index (χ1v) is 5.64. The van der Waals surface area contributed by atoms with Gasteiger partial charge < -0.3 is 5.11 Å². The van der Waals surface area contributed by atoms with E-state index in [9.17, 15) is 31.4 Å². The molecule has 0 aromatic heterocycles. The maximum Gasteiger partial charge on any atom is 0.403 e. The maximum atomic E-state index is 12.5. The van der Waals surface area contributed by atoms with Gasteiger partial charge in [-0.2, -0.15) is 26.3 Å². The van der Waals surface area contributed by atoms with E-state index >= 15 is 0 Å². The van der Waals surface area contributed by atoms with Crippen molar-refractivity contribution in [1.82, 2.24) is 0 Å². The number of aliphatic hydroxyl groups is 1. The Hall–Kier alpha value is -0.720. The molecule has 3 atom stereocenters. The van der Waals surface area contributed by atoms with E-state index in [1.807, 2.05) is 0 Å². The second kappa shape index (κ2) is 4.15. The number of alkyl halides is 6. The first-order chi connectivity index (χ1) is 8.10. The summed E-state index contributed by atoms with van der Waals surface area (Å²) in [4.78, 5) is 0. The molecule has 0 radical (unpaired) electrons. The van der Waals surface area contributed by atoms with Gasteiger partial charge in [0.2, 0.25) is 0 Å². The number of rotatable bonds is 2. The molecule has 0 saturated heterocycles. The molecular weight excluding hydrogens is 262 g/mol. The van der Waals surface area contributed by atoms with Crippen LogP contribution in [0.15, 0.2) is 11.6 Å². The van der Waals surface area contributed by atoms with Gasteiger partial charge >= 0.3 is 12.4 Å². The second-order valence-corrected chi connectivity index (χ2v) is 4.94. The summed E-state index contributed by atoms with van der Waals surface area (Å²) in [6.45, 7) is 0. The topological polar surface area (TPSA) is 20.2 Å². The highest BCUT2D eigenvalue weighted by Gasteiger charge is 2.61. The van der Waals surface area contributed by atoms with Crippen LogP contribution in [0.25, 0.3) is 0 Å². The van der Waals surface area contributed by atoms with Gasteiger partial charge in [-0.1, -0.05) is 6.08 Å². The molecular formula is C11H12F6O. The molecule has 0 aromatic rings. The van der Waals surface area contributed by atoms with Gasteiger partial charge in [0, 0.05) is 0 Å². The molecule has 0 aliphatic heterocycles. The van der Waals surface area contributed by atoms with E-state index in [0.717, 1.165) is 6.42 Å². The molecule has 1 saturated carbocycles. The van der Waals surface area contributed by atoms with E-state index in [-0.39, 0.29) is 17.4 Å². The quantitative estimate of drug-likeness (QED) is 0.604. The van der Waals surface area contributed by atoms with Crippen LogP contribution in [0.3, 0.4) is 0 Å². The minimum atomic E-state index is -5.49. The molecule has 0 heterocycles. The predicted molar refractivity (Wildman–Crippen MR) is 50.5 cm³/mol. The molecule has 2 bridgehead atoms. The minimum Gasteiger partial charge on any atom is -0.388 e.